The van der Waals surface area contributed by atoms with E-state index in [9.17, 15) is 8.42 Å². The van der Waals surface area contributed by atoms with Crippen LogP contribution in [0.5, 0.6) is 0 Å². The van der Waals surface area contributed by atoms with Gasteiger partial charge in [0.25, 0.3) is 10.1 Å². The summed E-state index contributed by atoms with van der Waals surface area (Å²) in [7, 11) is -2.70. The van der Waals surface area contributed by atoms with Crippen LogP contribution in [0.1, 0.15) is 5.82 Å². The fourth-order valence-electron chi connectivity index (χ4n) is 1.68. The Hall–Kier alpha value is -1.97. The molecule has 10 heteroatoms. The smallest absolute Gasteiger partial charge is 0.296 e. The Bertz CT molecular complexity index is 776. The largest absolute Gasteiger partial charge is 0.398 e. The number of halogens is 1. The number of hydrogen-bond donors (Lipinski definition) is 2. The molecule has 0 unspecified atom stereocenters. The van der Waals surface area contributed by atoms with Crippen molar-refractivity contribution in [3.63, 3.8) is 0 Å². The lowest BCUT2D eigenvalue weighted by molar-refractivity contribution is 0.483. The minimum Gasteiger partial charge on any atom is -0.398 e. The highest BCUT2D eigenvalue weighted by Gasteiger charge is 2.16. The fourth-order valence-corrected chi connectivity index (χ4v) is 2.48. The molecule has 0 amide bonds. The molecule has 8 nitrogen and oxygen atoms in total. The van der Waals surface area contributed by atoms with E-state index < -0.39 is 10.1 Å². The molecule has 0 radical (unpaired) electrons. The van der Waals surface area contributed by atoms with Crippen molar-refractivity contribution >= 4 is 39.0 Å². The standard InChI is InChI=1S/C11H12ClN5O3S/c1-6-14-10(12)16-11(15-6)17(2)7-3-4-9(8(13)5-7)21(18,19)20/h3-5H,13H2,1-2H3,(H,18,19,20). The van der Waals surface area contributed by atoms with Gasteiger partial charge in [0.1, 0.15) is 10.7 Å². The predicted octanol–water partition coefficient (Wildman–Crippen LogP) is 1.43. The van der Waals surface area contributed by atoms with E-state index in [-0.39, 0.29) is 21.8 Å². The number of benzene rings is 1. The Balaban J connectivity index is 2.45. The molecule has 0 spiro atoms. The summed E-state index contributed by atoms with van der Waals surface area (Å²) in [6.07, 6.45) is 0. The molecule has 0 fully saturated rings. The maximum absolute atomic E-state index is 11.1. The monoisotopic (exact) mass is 329 g/mol. The minimum absolute atomic E-state index is 0.0480. The van der Waals surface area contributed by atoms with E-state index in [1.54, 1.807) is 18.9 Å². The molecule has 21 heavy (non-hydrogen) atoms. The van der Waals surface area contributed by atoms with Crippen molar-refractivity contribution in [2.45, 2.75) is 11.8 Å². The van der Waals surface area contributed by atoms with Crippen LogP contribution >= 0.6 is 11.6 Å². The van der Waals surface area contributed by atoms with E-state index in [1.165, 1.54) is 18.2 Å². The first-order valence-corrected chi connectivity index (χ1v) is 7.49. The average Bonchev–Trinajstić information content (AvgIpc) is 2.35. The Morgan fingerprint density at radius 1 is 1.29 bits per heavy atom. The van der Waals surface area contributed by atoms with Crippen LogP contribution in [0.25, 0.3) is 0 Å². The van der Waals surface area contributed by atoms with Gasteiger partial charge in [0.05, 0.1) is 5.69 Å². The molecule has 0 aliphatic heterocycles. The zero-order chi connectivity index (χ0) is 15.8. The van der Waals surface area contributed by atoms with Crippen molar-refractivity contribution in [2.75, 3.05) is 17.7 Å². The van der Waals surface area contributed by atoms with Crippen LogP contribution in [0.15, 0.2) is 23.1 Å². The van der Waals surface area contributed by atoms with Gasteiger partial charge in [0.15, 0.2) is 0 Å². The van der Waals surface area contributed by atoms with E-state index in [1.807, 2.05) is 0 Å². The molecule has 1 aromatic heterocycles. The summed E-state index contributed by atoms with van der Waals surface area (Å²) in [4.78, 5) is 13.2. The normalized spacial score (nSPS) is 11.4. The highest BCUT2D eigenvalue weighted by atomic mass is 35.5. The summed E-state index contributed by atoms with van der Waals surface area (Å²) in [6.45, 7) is 1.67. The number of nitrogens with two attached hydrogens (primary N) is 1. The summed E-state index contributed by atoms with van der Waals surface area (Å²) >= 11 is 5.77. The van der Waals surface area contributed by atoms with E-state index in [0.717, 1.165) is 0 Å². The van der Waals surface area contributed by atoms with Gasteiger partial charge in [0.2, 0.25) is 11.2 Å². The summed E-state index contributed by atoms with van der Waals surface area (Å²) in [5.74, 6) is 0.728. The second-order valence-corrected chi connectivity index (χ2v) is 5.94. The van der Waals surface area contributed by atoms with Gasteiger partial charge in [0, 0.05) is 12.7 Å². The van der Waals surface area contributed by atoms with Gasteiger partial charge in [-0.3, -0.25) is 4.55 Å². The summed E-state index contributed by atoms with van der Waals surface area (Å²) in [6, 6.07) is 4.05. The molecule has 0 aliphatic rings. The van der Waals surface area contributed by atoms with Crippen LogP contribution in [0.2, 0.25) is 5.28 Å². The van der Waals surface area contributed by atoms with Crippen molar-refractivity contribution < 1.29 is 13.0 Å². The summed E-state index contributed by atoms with van der Waals surface area (Å²) < 4.78 is 31.2. The van der Waals surface area contributed by atoms with Gasteiger partial charge in [-0.1, -0.05) is 0 Å². The quantitative estimate of drug-likeness (QED) is 0.640. The van der Waals surface area contributed by atoms with Gasteiger partial charge < -0.3 is 10.6 Å². The van der Waals surface area contributed by atoms with Crippen molar-refractivity contribution in [3.8, 4) is 0 Å². The van der Waals surface area contributed by atoms with Gasteiger partial charge >= 0.3 is 0 Å². The van der Waals surface area contributed by atoms with Crippen LogP contribution < -0.4 is 10.6 Å². The number of hydrogen-bond acceptors (Lipinski definition) is 7. The molecule has 112 valence electrons. The number of nitrogens with zero attached hydrogens (tertiary/aromatic N) is 4. The van der Waals surface area contributed by atoms with Gasteiger partial charge in [-0.25, -0.2) is 4.98 Å². The first kappa shape index (κ1) is 15.4. The molecule has 0 bridgehead atoms. The van der Waals surface area contributed by atoms with Crippen molar-refractivity contribution in [2.24, 2.45) is 0 Å². The number of aryl methyl sites for hydroxylation is 1. The van der Waals surface area contributed by atoms with Crippen LogP contribution in [0, 0.1) is 6.92 Å². The Morgan fingerprint density at radius 2 is 1.95 bits per heavy atom. The molecule has 1 heterocycles. The fraction of sp³-hybridized carbons (Fsp3) is 0.182. The first-order valence-electron chi connectivity index (χ1n) is 5.67. The highest BCUT2D eigenvalue weighted by molar-refractivity contribution is 7.86. The first-order chi connectivity index (χ1) is 9.68. The predicted molar refractivity (Wildman–Crippen MR) is 78.3 cm³/mol. The topological polar surface area (TPSA) is 122 Å². The Kier molecular flexibility index (Phi) is 3.99. The maximum atomic E-state index is 11.1. The zero-order valence-corrected chi connectivity index (χ0v) is 12.7. The van der Waals surface area contributed by atoms with E-state index in [2.05, 4.69) is 15.0 Å². The summed E-state index contributed by atoms with van der Waals surface area (Å²) in [5.41, 5.74) is 6.08. The molecule has 2 aromatic rings. The molecular formula is C11H12ClN5O3S. The SMILES string of the molecule is Cc1nc(Cl)nc(N(C)c2ccc(S(=O)(=O)O)c(N)c2)n1. The summed E-state index contributed by atoms with van der Waals surface area (Å²) in [5, 5.41) is 0.0480. The van der Waals surface area contributed by atoms with Crippen LogP contribution in [0.4, 0.5) is 17.3 Å². The molecule has 0 saturated carbocycles. The molecule has 0 atom stereocenters. The minimum atomic E-state index is -4.36. The van der Waals surface area contributed by atoms with Crippen molar-refractivity contribution in [1.29, 1.82) is 0 Å². The van der Waals surface area contributed by atoms with E-state index >= 15 is 0 Å². The number of anilines is 3. The highest BCUT2D eigenvalue weighted by Crippen LogP contribution is 2.27. The third-order valence-corrected chi connectivity index (χ3v) is 3.76. The number of rotatable bonds is 3. The second-order valence-electron chi connectivity index (χ2n) is 4.21. The van der Waals surface area contributed by atoms with Crippen LogP contribution in [-0.2, 0) is 10.1 Å². The molecule has 1 aromatic carbocycles. The van der Waals surface area contributed by atoms with Crippen molar-refractivity contribution in [1.82, 2.24) is 15.0 Å². The van der Waals surface area contributed by atoms with E-state index in [0.29, 0.717) is 11.5 Å². The maximum Gasteiger partial charge on any atom is 0.296 e. The third-order valence-electron chi connectivity index (χ3n) is 2.67. The number of nitrogen functional groups attached to an aromatic ring is 1. The van der Waals surface area contributed by atoms with E-state index in [4.69, 9.17) is 21.9 Å². The molecule has 0 aliphatic carbocycles. The van der Waals surface area contributed by atoms with Gasteiger partial charge in [-0.05, 0) is 36.7 Å². The number of aromatic nitrogens is 3. The molecule has 3 N–H and O–H groups in total. The van der Waals surface area contributed by atoms with Gasteiger partial charge in [-0.15, -0.1) is 0 Å². The lowest BCUT2D eigenvalue weighted by Crippen LogP contribution is -2.15. The molecule has 0 saturated heterocycles. The average molecular weight is 330 g/mol. The second kappa shape index (κ2) is 5.43. The lowest BCUT2D eigenvalue weighted by Gasteiger charge is -2.18. The van der Waals surface area contributed by atoms with Gasteiger partial charge in [-0.2, -0.15) is 18.4 Å². The third kappa shape index (κ3) is 3.38. The van der Waals surface area contributed by atoms with Crippen molar-refractivity contribution in [3.05, 3.63) is 29.3 Å². The lowest BCUT2D eigenvalue weighted by atomic mass is 10.2. The Labute approximate surface area is 126 Å². The Morgan fingerprint density at radius 3 is 2.48 bits per heavy atom. The van der Waals surface area contributed by atoms with Crippen LogP contribution in [0.3, 0.4) is 0 Å². The van der Waals surface area contributed by atoms with Crippen LogP contribution in [-0.4, -0.2) is 35.0 Å². The molecular weight excluding hydrogens is 318 g/mol. The molecule has 2 rings (SSSR count). The zero-order valence-electron chi connectivity index (χ0n) is 11.1.